The minimum atomic E-state index is -0.277. The zero-order valence-electron chi connectivity index (χ0n) is 16.4. The first-order valence-corrected chi connectivity index (χ1v) is 9.86. The van der Waals surface area contributed by atoms with Crippen LogP contribution in [-0.4, -0.2) is 35.5 Å². The molecule has 144 valence electrons. The zero-order valence-corrected chi connectivity index (χ0v) is 17.2. The van der Waals surface area contributed by atoms with Crippen LogP contribution in [0.4, 0.5) is 10.5 Å². The van der Waals surface area contributed by atoms with E-state index in [1.807, 2.05) is 51.1 Å². The highest BCUT2D eigenvalue weighted by atomic mass is 32.2. The number of amidine groups is 1. The number of benzene rings is 1. The van der Waals surface area contributed by atoms with E-state index in [1.165, 1.54) is 0 Å². The van der Waals surface area contributed by atoms with E-state index in [0.29, 0.717) is 16.6 Å². The molecule has 0 spiro atoms. The standard InChI is InChI=1S/C21H27N3O2S/c1-6-10-18(16(4)15(2)3)24(21-22-13-9-14-27-21)20(25)23-17-11-7-8-12-19(17)26-5/h6-8,10-12H,1,9,13-14H2,2-5H3,(H,23,25). The third kappa shape index (κ3) is 5.26. The molecule has 0 radical (unpaired) electrons. The monoisotopic (exact) mass is 385 g/mol. The van der Waals surface area contributed by atoms with Crippen LogP contribution in [0.25, 0.3) is 0 Å². The van der Waals surface area contributed by atoms with E-state index in [4.69, 9.17) is 4.74 Å². The molecule has 0 bridgehead atoms. The summed E-state index contributed by atoms with van der Waals surface area (Å²) in [5.41, 5.74) is 3.52. The zero-order chi connectivity index (χ0) is 19.8. The van der Waals surface area contributed by atoms with Crippen molar-refractivity contribution in [1.29, 1.82) is 0 Å². The number of ether oxygens (including phenoxy) is 1. The maximum Gasteiger partial charge on any atom is 0.332 e. The Balaban J connectivity index is 2.47. The summed E-state index contributed by atoms with van der Waals surface area (Å²) in [6.07, 6.45) is 4.55. The first-order chi connectivity index (χ1) is 13.0. The summed E-state index contributed by atoms with van der Waals surface area (Å²) in [6.45, 7) is 10.6. The topological polar surface area (TPSA) is 53.9 Å². The number of hydrogen-bond donors (Lipinski definition) is 1. The second-order valence-corrected chi connectivity index (χ2v) is 7.31. The molecule has 0 saturated heterocycles. The fraction of sp³-hybridized carbons (Fsp3) is 0.333. The van der Waals surface area contributed by atoms with Crippen molar-refractivity contribution in [1.82, 2.24) is 4.90 Å². The van der Waals surface area contributed by atoms with Crippen LogP contribution >= 0.6 is 11.8 Å². The highest BCUT2D eigenvalue weighted by Gasteiger charge is 2.27. The number of urea groups is 1. The van der Waals surface area contributed by atoms with E-state index in [9.17, 15) is 4.79 Å². The van der Waals surface area contributed by atoms with Gasteiger partial charge in [-0.05, 0) is 51.0 Å². The van der Waals surface area contributed by atoms with Crippen molar-refractivity contribution in [2.24, 2.45) is 4.99 Å². The lowest BCUT2D eigenvalue weighted by molar-refractivity contribution is 0.240. The van der Waals surface area contributed by atoms with Crippen molar-refractivity contribution in [3.8, 4) is 5.75 Å². The summed E-state index contributed by atoms with van der Waals surface area (Å²) in [7, 11) is 1.58. The number of allylic oxidation sites excluding steroid dienone is 4. The van der Waals surface area contributed by atoms with E-state index >= 15 is 0 Å². The molecule has 1 aromatic carbocycles. The fourth-order valence-corrected chi connectivity index (χ4v) is 3.49. The average molecular weight is 386 g/mol. The minimum Gasteiger partial charge on any atom is -0.495 e. The number of carbonyl (C=O) groups excluding carboxylic acids is 1. The van der Waals surface area contributed by atoms with E-state index in [1.54, 1.807) is 29.8 Å². The van der Waals surface area contributed by atoms with Crippen molar-refractivity contribution in [3.63, 3.8) is 0 Å². The summed E-state index contributed by atoms with van der Waals surface area (Å²) < 4.78 is 5.36. The molecule has 0 unspecified atom stereocenters. The van der Waals surface area contributed by atoms with Gasteiger partial charge >= 0.3 is 6.03 Å². The molecule has 27 heavy (non-hydrogen) atoms. The third-order valence-electron chi connectivity index (χ3n) is 4.17. The van der Waals surface area contributed by atoms with Gasteiger partial charge in [0, 0.05) is 12.3 Å². The molecule has 1 heterocycles. The lowest BCUT2D eigenvalue weighted by atomic mass is 10.1. The maximum atomic E-state index is 13.3. The van der Waals surface area contributed by atoms with Crippen molar-refractivity contribution < 1.29 is 9.53 Å². The normalized spacial score (nSPS) is 14.1. The number of hydrogen-bond acceptors (Lipinski definition) is 4. The van der Waals surface area contributed by atoms with Gasteiger partial charge in [-0.25, -0.2) is 9.69 Å². The Hall–Kier alpha value is -2.47. The van der Waals surface area contributed by atoms with Gasteiger partial charge in [0.2, 0.25) is 0 Å². The molecule has 2 rings (SSSR count). The Morgan fingerprint density at radius 1 is 1.33 bits per heavy atom. The lowest BCUT2D eigenvalue weighted by Crippen LogP contribution is -2.39. The quantitative estimate of drug-likeness (QED) is 0.686. The Morgan fingerprint density at radius 2 is 2.07 bits per heavy atom. The maximum absolute atomic E-state index is 13.3. The number of thioether (sulfide) groups is 1. The van der Waals surface area contributed by atoms with Crippen molar-refractivity contribution in [3.05, 3.63) is 59.8 Å². The van der Waals surface area contributed by atoms with Crippen molar-refractivity contribution >= 4 is 28.6 Å². The van der Waals surface area contributed by atoms with Gasteiger partial charge in [-0.15, -0.1) is 0 Å². The Kier molecular flexibility index (Phi) is 7.73. The van der Waals surface area contributed by atoms with Crippen LogP contribution in [0.2, 0.25) is 0 Å². The first kappa shape index (κ1) is 20.8. The molecule has 6 heteroatoms. The number of amides is 2. The van der Waals surface area contributed by atoms with Crippen molar-refractivity contribution in [2.75, 3.05) is 24.7 Å². The highest BCUT2D eigenvalue weighted by Crippen LogP contribution is 2.28. The van der Waals surface area contributed by atoms with Gasteiger partial charge in [0.15, 0.2) is 5.17 Å². The molecule has 2 amide bonds. The van der Waals surface area contributed by atoms with Gasteiger partial charge in [-0.2, -0.15) is 0 Å². The summed E-state index contributed by atoms with van der Waals surface area (Å²) in [5.74, 6) is 1.55. The van der Waals surface area contributed by atoms with Gasteiger partial charge < -0.3 is 10.1 Å². The minimum absolute atomic E-state index is 0.277. The van der Waals surface area contributed by atoms with Crippen LogP contribution in [0.3, 0.4) is 0 Å². The molecule has 1 N–H and O–H groups in total. The Labute approximate surface area is 165 Å². The molecule has 1 aliphatic heterocycles. The molecule has 0 atom stereocenters. The largest absolute Gasteiger partial charge is 0.495 e. The predicted octanol–water partition coefficient (Wildman–Crippen LogP) is 5.45. The second-order valence-electron chi connectivity index (χ2n) is 6.24. The van der Waals surface area contributed by atoms with Crippen LogP contribution in [0.15, 0.2) is 64.8 Å². The SMILES string of the molecule is C=CC=C(C(C)=C(C)C)N(C(=O)Nc1ccccc1OC)C1=NCCCS1. The number of nitrogens with one attached hydrogen (secondary N) is 1. The lowest BCUT2D eigenvalue weighted by Gasteiger charge is -2.29. The molecular weight excluding hydrogens is 358 g/mol. The van der Waals surface area contributed by atoms with E-state index in [-0.39, 0.29) is 6.03 Å². The number of rotatable bonds is 5. The molecule has 1 aliphatic rings. The number of aliphatic imine (C=N–C) groups is 1. The van der Waals surface area contributed by atoms with Crippen LogP contribution < -0.4 is 10.1 Å². The average Bonchev–Trinajstić information content (AvgIpc) is 2.68. The molecule has 0 fully saturated rings. The van der Waals surface area contributed by atoms with E-state index in [0.717, 1.165) is 35.6 Å². The summed E-state index contributed by atoms with van der Waals surface area (Å²) in [6, 6.07) is 7.08. The molecule has 5 nitrogen and oxygen atoms in total. The van der Waals surface area contributed by atoms with Gasteiger partial charge in [0.05, 0.1) is 18.5 Å². The number of methoxy groups -OCH3 is 1. The Bertz CT molecular complexity index is 792. The molecule has 1 aromatic rings. The highest BCUT2D eigenvalue weighted by molar-refractivity contribution is 8.13. The van der Waals surface area contributed by atoms with Crippen LogP contribution in [0, 0.1) is 0 Å². The number of nitrogens with zero attached hydrogens (tertiary/aromatic N) is 2. The number of anilines is 1. The van der Waals surface area contributed by atoms with Gasteiger partial charge in [0.25, 0.3) is 0 Å². The predicted molar refractivity (Wildman–Crippen MR) is 116 cm³/mol. The smallest absolute Gasteiger partial charge is 0.332 e. The van der Waals surface area contributed by atoms with Crippen molar-refractivity contribution in [2.45, 2.75) is 27.2 Å². The molecular formula is C21H27N3O2S. The van der Waals surface area contributed by atoms with Crippen LogP contribution in [0.5, 0.6) is 5.75 Å². The van der Waals surface area contributed by atoms with Gasteiger partial charge in [0.1, 0.15) is 5.75 Å². The summed E-state index contributed by atoms with van der Waals surface area (Å²) >= 11 is 1.59. The number of carbonyl (C=O) groups is 1. The molecule has 0 saturated carbocycles. The number of para-hydroxylation sites is 2. The molecule has 0 aliphatic carbocycles. The van der Waals surface area contributed by atoms with Gasteiger partial charge in [-0.3, -0.25) is 4.99 Å². The van der Waals surface area contributed by atoms with Gasteiger partial charge in [-0.1, -0.05) is 42.1 Å². The van der Waals surface area contributed by atoms with E-state index in [2.05, 4.69) is 16.9 Å². The summed E-state index contributed by atoms with van der Waals surface area (Å²) in [5, 5.41) is 3.66. The van der Waals surface area contributed by atoms with Crippen LogP contribution in [0.1, 0.15) is 27.2 Å². The van der Waals surface area contributed by atoms with Crippen LogP contribution in [-0.2, 0) is 0 Å². The first-order valence-electron chi connectivity index (χ1n) is 8.88. The molecule has 0 aromatic heterocycles. The van der Waals surface area contributed by atoms with E-state index < -0.39 is 0 Å². The fourth-order valence-electron chi connectivity index (χ4n) is 2.54. The summed E-state index contributed by atoms with van der Waals surface area (Å²) in [4.78, 5) is 19.5. The second kappa shape index (κ2) is 10.0. The Morgan fingerprint density at radius 3 is 2.67 bits per heavy atom. The third-order valence-corrected chi connectivity index (χ3v) is 5.24.